The Labute approximate surface area is 110 Å². The van der Waals surface area contributed by atoms with Crippen LogP contribution in [0.5, 0.6) is 0 Å². The molecule has 98 valence electrons. The Bertz CT molecular complexity index is 583. The molecule has 1 saturated heterocycles. The van der Waals surface area contributed by atoms with Gasteiger partial charge in [0.1, 0.15) is 5.69 Å². The molecule has 0 spiro atoms. The largest absolute Gasteiger partial charge is 0.372 e. The number of aromatic nitrogens is 3. The molecule has 2 aromatic rings. The molecule has 1 amide bonds. The van der Waals surface area contributed by atoms with Crippen molar-refractivity contribution in [1.82, 2.24) is 15.4 Å². The van der Waals surface area contributed by atoms with Gasteiger partial charge in [0.05, 0.1) is 0 Å². The van der Waals surface area contributed by atoms with Crippen molar-refractivity contribution in [2.24, 2.45) is 5.73 Å². The number of amides is 1. The topological polar surface area (TPSA) is 87.9 Å². The maximum Gasteiger partial charge on any atom is 0.271 e. The van der Waals surface area contributed by atoms with E-state index in [9.17, 15) is 4.79 Å². The van der Waals surface area contributed by atoms with Gasteiger partial charge in [-0.05, 0) is 25.0 Å². The number of rotatable bonds is 3. The predicted molar refractivity (Wildman–Crippen MR) is 71.8 cm³/mol. The Kier molecular flexibility index (Phi) is 2.91. The highest BCUT2D eigenvalue weighted by atomic mass is 16.1. The number of benzene rings is 1. The minimum atomic E-state index is -0.577. The highest BCUT2D eigenvalue weighted by molar-refractivity contribution is 5.96. The van der Waals surface area contributed by atoms with Gasteiger partial charge in [-0.25, -0.2) is 0 Å². The van der Waals surface area contributed by atoms with E-state index in [-0.39, 0.29) is 5.69 Å². The zero-order valence-corrected chi connectivity index (χ0v) is 10.5. The molecule has 1 fully saturated rings. The summed E-state index contributed by atoms with van der Waals surface area (Å²) in [7, 11) is 0. The Morgan fingerprint density at radius 1 is 1.16 bits per heavy atom. The van der Waals surface area contributed by atoms with Crippen LogP contribution in [0.15, 0.2) is 24.3 Å². The van der Waals surface area contributed by atoms with E-state index in [0.717, 1.165) is 18.7 Å². The fourth-order valence-corrected chi connectivity index (χ4v) is 2.41. The Morgan fingerprint density at radius 3 is 2.47 bits per heavy atom. The van der Waals surface area contributed by atoms with Crippen molar-refractivity contribution in [3.63, 3.8) is 0 Å². The van der Waals surface area contributed by atoms with E-state index in [1.54, 1.807) is 0 Å². The zero-order chi connectivity index (χ0) is 13.2. The fourth-order valence-electron chi connectivity index (χ4n) is 2.41. The number of hydrogen-bond acceptors (Lipinski definition) is 4. The lowest BCUT2D eigenvalue weighted by molar-refractivity contribution is 0.0996. The first-order chi connectivity index (χ1) is 9.25. The number of carbonyl (C=O) groups excluding carboxylic acids is 1. The summed E-state index contributed by atoms with van der Waals surface area (Å²) in [5, 5.41) is 10.2. The Hall–Kier alpha value is -2.37. The molecular weight excluding hydrogens is 242 g/mol. The Morgan fingerprint density at radius 2 is 1.84 bits per heavy atom. The molecule has 0 unspecified atom stereocenters. The number of carbonyl (C=O) groups is 1. The highest BCUT2D eigenvalue weighted by Gasteiger charge is 2.16. The van der Waals surface area contributed by atoms with Crippen molar-refractivity contribution in [3.05, 3.63) is 30.0 Å². The van der Waals surface area contributed by atoms with E-state index in [0.29, 0.717) is 5.69 Å². The summed E-state index contributed by atoms with van der Waals surface area (Å²) >= 11 is 0. The molecule has 1 aromatic heterocycles. The van der Waals surface area contributed by atoms with Gasteiger partial charge in [0.2, 0.25) is 0 Å². The van der Waals surface area contributed by atoms with Crippen LogP contribution in [0, 0.1) is 0 Å². The van der Waals surface area contributed by atoms with Crippen LogP contribution >= 0.6 is 0 Å². The first-order valence-corrected chi connectivity index (χ1v) is 6.31. The van der Waals surface area contributed by atoms with Gasteiger partial charge in [-0.3, -0.25) is 4.79 Å². The molecule has 0 atom stereocenters. The van der Waals surface area contributed by atoms with Gasteiger partial charge in [-0.15, -0.1) is 0 Å². The van der Waals surface area contributed by atoms with E-state index >= 15 is 0 Å². The summed E-state index contributed by atoms with van der Waals surface area (Å²) in [5.41, 5.74) is 7.97. The van der Waals surface area contributed by atoms with Crippen LogP contribution in [0.3, 0.4) is 0 Å². The minimum Gasteiger partial charge on any atom is -0.372 e. The summed E-state index contributed by atoms with van der Waals surface area (Å²) in [6, 6.07) is 7.97. The van der Waals surface area contributed by atoms with Crippen molar-refractivity contribution in [2.75, 3.05) is 18.0 Å². The normalized spacial score (nSPS) is 14.8. The number of nitrogens with two attached hydrogens (primary N) is 1. The second-order valence-corrected chi connectivity index (χ2v) is 4.63. The summed E-state index contributed by atoms with van der Waals surface area (Å²) in [6.45, 7) is 2.21. The van der Waals surface area contributed by atoms with Gasteiger partial charge in [0, 0.05) is 24.3 Å². The number of primary amides is 1. The molecule has 0 bridgehead atoms. The predicted octanol–water partition coefficient (Wildman–Crippen LogP) is 1.17. The van der Waals surface area contributed by atoms with E-state index in [1.165, 1.54) is 18.5 Å². The first-order valence-electron chi connectivity index (χ1n) is 6.31. The molecule has 3 rings (SSSR count). The molecule has 19 heavy (non-hydrogen) atoms. The molecule has 6 nitrogen and oxygen atoms in total. The third-order valence-electron chi connectivity index (χ3n) is 3.39. The summed E-state index contributed by atoms with van der Waals surface area (Å²) in [6.07, 6.45) is 2.49. The fraction of sp³-hybridized carbons (Fsp3) is 0.308. The second-order valence-electron chi connectivity index (χ2n) is 4.63. The van der Waals surface area contributed by atoms with Gasteiger partial charge in [0.25, 0.3) is 5.91 Å². The van der Waals surface area contributed by atoms with Crippen molar-refractivity contribution >= 4 is 11.6 Å². The van der Waals surface area contributed by atoms with Crippen LogP contribution in [-0.2, 0) is 0 Å². The number of hydrogen-bond donors (Lipinski definition) is 2. The maximum atomic E-state index is 11.2. The van der Waals surface area contributed by atoms with Crippen LogP contribution in [0.4, 0.5) is 5.69 Å². The lowest BCUT2D eigenvalue weighted by Crippen LogP contribution is -2.17. The lowest BCUT2D eigenvalue weighted by atomic mass is 10.1. The maximum absolute atomic E-state index is 11.2. The van der Waals surface area contributed by atoms with Crippen LogP contribution < -0.4 is 10.6 Å². The monoisotopic (exact) mass is 257 g/mol. The molecule has 1 aromatic carbocycles. The van der Waals surface area contributed by atoms with Crippen molar-refractivity contribution in [1.29, 1.82) is 0 Å². The molecular formula is C13H15N5O. The minimum absolute atomic E-state index is 0.175. The van der Waals surface area contributed by atoms with Crippen molar-refractivity contribution < 1.29 is 4.79 Å². The van der Waals surface area contributed by atoms with Gasteiger partial charge in [-0.2, -0.15) is 15.4 Å². The zero-order valence-electron chi connectivity index (χ0n) is 10.5. The average Bonchev–Trinajstić information content (AvgIpc) is 3.10. The average molecular weight is 257 g/mol. The highest BCUT2D eigenvalue weighted by Crippen LogP contribution is 2.25. The number of H-pyrrole nitrogens is 1. The third-order valence-corrected chi connectivity index (χ3v) is 3.39. The van der Waals surface area contributed by atoms with Crippen LogP contribution in [-0.4, -0.2) is 34.4 Å². The number of aromatic amines is 1. The molecule has 0 saturated carbocycles. The summed E-state index contributed by atoms with van der Waals surface area (Å²) < 4.78 is 0. The molecule has 1 aliphatic rings. The standard InChI is InChI=1S/C13H15N5O/c14-13(19)12-11(15-17-16-12)9-3-5-10(6-4-9)18-7-1-2-8-18/h3-6H,1-2,7-8H2,(H2,14,19)(H,15,16,17). The van der Waals surface area contributed by atoms with Gasteiger partial charge in [0.15, 0.2) is 5.69 Å². The first kappa shape index (κ1) is 11.7. The molecule has 6 heteroatoms. The van der Waals surface area contributed by atoms with Crippen LogP contribution in [0.25, 0.3) is 11.3 Å². The van der Waals surface area contributed by atoms with E-state index in [1.807, 2.05) is 24.3 Å². The van der Waals surface area contributed by atoms with E-state index < -0.39 is 5.91 Å². The van der Waals surface area contributed by atoms with Crippen molar-refractivity contribution in [3.8, 4) is 11.3 Å². The molecule has 0 radical (unpaired) electrons. The number of nitrogens with zero attached hydrogens (tertiary/aromatic N) is 3. The van der Waals surface area contributed by atoms with Gasteiger partial charge >= 0.3 is 0 Å². The summed E-state index contributed by atoms with van der Waals surface area (Å²) in [4.78, 5) is 13.6. The van der Waals surface area contributed by atoms with E-state index in [2.05, 4.69) is 20.3 Å². The van der Waals surface area contributed by atoms with Crippen molar-refractivity contribution in [2.45, 2.75) is 12.8 Å². The SMILES string of the molecule is NC(=O)c1n[nH]nc1-c1ccc(N2CCCC2)cc1. The lowest BCUT2D eigenvalue weighted by Gasteiger charge is -2.17. The van der Waals surface area contributed by atoms with Gasteiger partial charge < -0.3 is 10.6 Å². The smallest absolute Gasteiger partial charge is 0.271 e. The van der Waals surface area contributed by atoms with Crippen LogP contribution in [0.1, 0.15) is 23.3 Å². The Balaban J connectivity index is 1.89. The summed E-state index contributed by atoms with van der Waals surface area (Å²) in [5.74, 6) is -0.577. The third kappa shape index (κ3) is 2.16. The number of nitrogens with one attached hydrogen (secondary N) is 1. The molecule has 1 aliphatic heterocycles. The van der Waals surface area contributed by atoms with E-state index in [4.69, 9.17) is 5.73 Å². The number of anilines is 1. The van der Waals surface area contributed by atoms with Gasteiger partial charge in [-0.1, -0.05) is 12.1 Å². The van der Waals surface area contributed by atoms with Crippen LogP contribution in [0.2, 0.25) is 0 Å². The molecule has 3 N–H and O–H groups in total. The quantitative estimate of drug-likeness (QED) is 0.864. The second kappa shape index (κ2) is 4.72. The molecule has 2 heterocycles. The molecule has 0 aliphatic carbocycles.